The lowest BCUT2D eigenvalue weighted by Crippen LogP contribution is -1.78. The molecule has 0 aliphatic rings. The van der Waals surface area contributed by atoms with Gasteiger partial charge in [0.05, 0.1) is 5.03 Å². The number of hydrogen-bond acceptors (Lipinski definition) is 2. The van der Waals surface area contributed by atoms with Gasteiger partial charge in [0.2, 0.25) is 0 Å². The molecule has 3 heteroatoms. The van der Waals surface area contributed by atoms with Crippen molar-refractivity contribution in [2.75, 3.05) is 5.75 Å². The lowest BCUT2D eigenvalue weighted by Gasteiger charge is -1.96. The van der Waals surface area contributed by atoms with Crippen LogP contribution in [0.5, 0.6) is 0 Å². The zero-order valence-corrected chi connectivity index (χ0v) is 8.36. The number of aromatic nitrogens is 1. The molecule has 0 aliphatic heterocycles. The van der Waals surface area contributed by atoms with Gasteiger partial charge in [0.25, 0.3) is 0 Å². The molecule has 0 amide bonds. The summed E-state index contributed by atoms with van der Waals surface area (Å²) in [6.45, 7) is 3.64. The van der Waals surface area contributed by atoms with Crippen LogP contribution in [0.15, 0.2) is 40.5 Å². The second kappa shape index (κ2) is 4.57. The van der Waals surface area contributed by atoms with Crippen molar-refractivity contribution in [3.63, 3.8) is 0 Å². The zero-order chi connectivity index (χ0) is 8.10. The van der Waals surface area contributed by atoms with Crippen molar-refractivity contribution in [1.82, 2.24) is 4.98 Å². The first kappa shape index (κ1) is 8.81. The Morgan fingerprint density at radius 1 is 1.73 bits per heavy atom. The largest absolute Gasteiger partial charge is 0.250 e. The number of hydrogen-bond donors (Lipinski definition) is 0. The van der Waals surface area contributed by atoms with Gasteiger partial charge in [0, 0.05) is 16.4 Å². The molecule has 58 valence electrons. The van der Waals surface area contributed by atoms with E-state index >= 15 is 0 Å². The molecule has 0 aromatic carbocycles. The minimum Gasteiger partial charge on any atom is -0.250 e. The SMILES string of the molecule is C=CCSc1cc(Br)ccn1. The van der Waals surface area contributed by atoms with Gasteiger partial charge in [-0.3, -0.25) is 0 Å². The van der Waals surface area contributed by atoms with Crippen LogP contribution in [-0.4, -0.2) is 10.7 Å². The van der Waals surface area contributed by atoms with Crippen molar-refractivity contribution in [1.29, 1.82) is 0 Å². The smallest absolute Gasteiger partial charge is 0.0974 e. The number of thioether (sulfide) groups is 1. The second-order valence-corrected chi connectivity index (χ2v) is 3.87. The molecule has 0 bridgehead atoms. The van der Waals surface area contributed by atoms with Crippen LogP contribution in [0, 0.1) is 0 Å². The quantitative estimate of drug-likeness (QED) is 0.584. The summed E-state index contributed by atoms with van der Waals surface area (Å²) >= 11 is 5.05. The van der Waals surface area contributed by atoms with Crippen LogP contribution in [0.2, 0.25) is 0 Å². The molecule has 0 N–H and O–H groups in total. The molecule has 1 heterocycles. The molecule has 0 spiro atoms. The Hall–Kier alpha value is -0.280. The van der Waals surface area contributed by atoms with Crippen LogP contribution in [0.1, 0.15) is 0 Å². The van der Waals surface area contributed by atoms with Crippen LogP contribution in [-0.2, 0) is 0 Å². The summed E-state index contributed by atoms with van der Waals surface area (Å²) < 4.78 is 1.07. The molecule has 1 aromatic heterocycles. The van der Waals surface area contributed by atoms with E-state index in [4.69, 9.17) is 0 Å². The van der Waals surface area contributed by atoms with Crippen molar-refractivity contribution >= 4 is 27.7 Å². The highest BCUT2D eigenvalue weighted by atomic mass is 79.9. The summed E-state index contributed by atoms with van der Waals surface area (Å²) in [5, 5.41) is 1.03. The minimum absolute atomic E-state index is 0.906. The van der Waals surface area contributed by atoms with E-state index in [1.165, 1.54) is 0 Å². The Kier molecular flexibility index (Phi) is 3.66. The molecule has 0 unspecified atom stereocenters. The van der Waals surface area contributed by atoms with Gasteiger partial charge in [-0.25, -0.2) is 4.98 Å². The third kappa shape index (κ3) is 3.08. The Bertz CT molecular complexity index is 250. The fraction of sp³-hybridized carbons (Fsp3) is 0.125. The van der Waals surface area contributed by atoms with E-state index in [9.17, 15) is 0 Å². The molecule has 1 aromatic rings. The van der Waals surface area contributed by atoms with Crippen LogP contribution in [0.3, 0.4) is 0 Å². The molecule has 0 radical (unpaired) electrons. The van der Waals surface area contributed by atoms with Gasteiger partial charge < -0.3 is 0 Å². The van der Waals surface area contributed by atoms with Crippen molar-refractivity contribution in [2.24, 2.45) is 0 Å². The number of nitrogens with zero attached hydrogens (tertiary/aromatic N) is 1. The molecule has 0 fully saturated rings. The highest BCUT2D eigenvalue weighted by Crippen LogP contribution is 2.18. The number of halogens is 1. The van der Waals surface area contributed by atoms with Crippen molar-refractivity contribution in [2.45, 2.75) is 5.03 Å². The van der Waals surface area contributed by atoms with E-state index in [0.717, 1.165) is 15.3 Å². The van der Waals surface area contributed by atoms with Crippen LogP contribution in [0.25, 0.3) is 0 Å². The van der Waals surface area contributed by atoms with Gasteiger partial charge in [0.1, 0.15) is 0 Å². The molecular weight excluding hydrogens is 222 g/mol. The van der Waals surface area contributed by atoms with Crippen LogP contribution in [0.4, 0.5) is 0 Å². The monoisotopic (exact) mass is 229 g/mol. The first-order valence-corrected chi connectivity index (χ1v) is 4.96. The number of pyridine rings is 1. The van der Waals surface area contributed by atoms with Gasteiger partial charge >= 0.3 is 0 Å². The Morgan fingerprint density at radius 2 is 2.55 bits per heavy atom. The first-order valence-electron chi connectivity index (χ1n) is 3.18. The van der Waals surface area contributed by atoms with Crippen LogP contribution >= 0.6 is 27.7 Å². The van der Waals surface area contributed by atoms with E-state index in [1.54, 1.807) is 18.0 Å². The van der Waals surface area contributed by atoms with E-state index in [-0.39, 0.29) is 0 Å². The van der Waals surface area contributed by atoms with Crippen molar-refractivity contribution in [3.8, 4) is 0 Å². The van der Waals surface area contributed by atoms with E-state index in [0.29, 0.717) is 0 Å². The Morgan fingerprint density at radius 3 is 3.18 bits per heavy atom. The molecular formula is C8H8BrNS. The zero-order valence-electron chi connectivity index (χ0n) is 5.96. The molecule has 0 saturated heterocycles. The molecule has 1 nitrogen and oxygen atoms in total. The maximum absolute atomic E-state index is 4.16. The van der Waals surface area contributed by atoms with Gasteiger partial charge in [0.15, 0.2) is 0 Å². The minimum atomic E-state index is 0.906. The maximum atomic E-state index is 4.16. The van der Waals surface area contributed by atoms with E-state index < -0.39 is 0 Å². The lowest BCUT2D eigenvalue weighted by molar-refractivity contribution is 1.13. The predicted octanol–water partition coefficient (Wildman–Crippen LogP) is 3.12. The van der Waals surface area contributed by atoms with Gasteiger partial charge in [-0.15, -0.1) is 18.3 Å². The van der Waals surface area contributed by atoms with E-state index in [2.05, 4.69) is 27.5 Å². The van der Waals surface area contributed by atoms with Crippen molar-refractivity contribution in [3.05, 3.63) is 35.5 Å². The highest BCUT2D eigenvalue weighted by molar-refractivity contribution is 9.10. The Labute approximate surface area is 79.0 Å². The summed E-state index contributed by atoms with van der Waals surface area (Å²) in [6, 6.07) is 3.91. The van der Waals surface area contributed by atoms with Crippen LogP contribution < -0.4 is 0 Å². The van der Waals surface area contributed by atoms with E-state index in [1.807, 2.05) is 18.2 Å². The summed E-state index contributed by atoms with van der Waals surface area (Å²) in [5.41, 5.74) is 0. The Balaban J connectivity index is 2.63. The molecule has 0 aliphatic carbocycles. The normalized spacial score (nSPS) is 9.55. The summed E-state index contributed by atoms with van der Waals surface area (Å²) in [4.78, 5) is 4.16. The molecule has 11 heavy (non-hydrogen) atoms. The van der Waals surface area contributed by atoms with Gasteiger partial charge in [-0.1, -0.05) is 22.0 Å². The van der Waals surface area contributed by atoms with Crippen molar-refractivity contribution < 1.29 is 0 Å². The molecule has 0 atom stereocenters. The second-order valence-electron chi connectivity index (χ2n) is 1.91. The first-order chi connectivity index (χ1) is 5.33. The fourth-order valence-corrected chi connectivity index (χ4v) is 1.73. The summed E-state index contributed by atoms with van der Waals surface area (Å²) in [5.74, 6) is 0.906. The third-order valence-corrected chi connectivity index (χ3v) is 2.46. The lowest BCUT2D eigenvalue weighted by atomic mass is 10.5. The maximum Gasteiger partial charge on any atom is 0.0974 e. The predicted molar refractivity (Wildman–Crippen MR) is 52.9 cm³/mol. The average Bonchev–Trinajstić information content (AvgIpc) is 2.01. The molecule has 1 rings (SSSR count). The topological polar surface area (TPSA) is 12.9 Å². The van der Waals surface area contributed by atoms with Gasteiger partial charge in [-0.2, -0.15) is 0 Å². The standard InChI is InChI=1S/C8H8BrNS/c1-2-5-11-8-6-7(9)3-4-10-8/h2-4,6H,1,5H2. The average molecular weight is 230 g/mol. The number of rotatable bonds is 3. The van der Waals surface area contributed by atoms with Gasteiger partial charge in [-0.05, 0) is 12.1 Å². The highest BCUT2D eigenvalue weighted by Gasteiger charge is 1.92. The summed E-state index contributed by atoms with van der Waals surface area (Å²) in [7, 11) is 0. The molecule has 0 saturated carbocycles. The fourth-order valence-electron chi connectivity index (χ4n) is 0.609. The third-order valence-electron chi connectivity index (χ3n) is 1.05. The summed E-state index contributed by atoms with van der Waals surface area (Å²) in [6.07, 6.45) is 3.66.